The van der Waals surface area contributed by atoms with Crippen LogP contribution in [0.2, 0.25) is 10.0 Å². The van der Waals surface area contributed by atoms with Gasteiger partial charge in [-0.05, 0) is 37.6 Å². The Balaban J connectivity index is 2.01. The van der Waals surface area contributed by atoms with Gasteiger partial charge in [-0.1, -0.05) is 58.0 Å². The normalized spacial score (nSPS) is 24.5. The summed E-state index contributed by atoms with van der Waals surface area (Å²) in [5.74, 6) is 0. The van der Waals surface area contributed by atoms with Crippen molar-refractivity contribution < 1.29 is 0 Å². The largest absolute Gasteiger partial charge is 0.298 e. The van der Waals surface area contributed by atoms with Crippen LogP contribution in [0.4, 0.5) is 0 Å². The lowest BCUT2D eigenvalue weighted by Crippen LogP contribution is -2.40. The fraction of sp³-hybridized carbons (Fsp3) is 0.571. The van der Waals surface area contributed by atoms with Crippen LogP contribution in [0, 0.1) is 0 Å². The fourth-order valence-corrected chi connectivity index (χ4v) is 3.92. The van der Waals surface area contributed by atoms with Crippen LogP contribution in [-0.4, -0.2) is 22.8 Å². The van der Waals surface area contributed by atoms with Gasteiger partial charge in [0.1, 0.15) is 0 Å². The van der Waals surface area contributed by atoms with Gasteiger partial charge in [-0.2, -0.15) is 0 Å². The number of rotatable bonds is 3. The summed E-state index contributed by atoms with van der Waals surface area (Å²) in [7, 11) is 2.19. The van der Waals surface area contributed by atoms with Crippen LogP contribution in [0.5, 0.6) is 0 Å². The Bertz CT molecular complexity index is 411. The minimum atomic E-state index is 0.610. The van der Waals surface area contributed by atoms with E-state index in [4.69, 9.17) is 23.2 Å². The van der Waals surface area contributed by atoms with Gasteiger partial charge in [-0.15, -0.1) is 0 Å². The Labute approximate surface area is 128 Å². The van der Waals surface area contributed by atoms with E-state index in [0.29, 0.717) is 20.9 Å². The molecule has 0 spiro atoms. The minimum absolute atomic E-state index is 0.610. The van der Waals surface area contributed by atoms with Crippen LogP contribution in [0.3, 0.4) is 0 Å². The zero-order valence-corrected chi connectivity index (χ0v) is 13.6. The second kappa shape index (κ2) is 6.60. The zero-order valence-electron chi connectivity index (χ0n) is 10.5. The molecule has 0 saturated heterocycles. The monoisotopic (exact) mass is 349 g/mol. The number of hydrogen-bond acceptors (Lipinski definition) is 1. The van der Waals surface area contributed by atoms with Crippen molar-refractivity contribution in [3.8, 4) is 0 Å². The molecule has 100 valence electrons. The van der Waals surface area contributed by atoms with E-state index in [9.17, 15) is 0 Å². The molecule has 1 aromatic carbocycles. The molecule has 1 aliphatic carbocycles. The molecule has 1 aromatic rings. The van der Waals surface area contributed by atoms with Crippen molar-refractivity contribution in [2.75, 3.05) is 7.05 Å². The molecule has 0 amide bonds. The van der Waals surface area contributed by atoms with Gasteiger partial charge in [0.25, 0.3) is 0 Å². The van der Waals surface area contributed by atoms with Gasteiger partial charge in [0, 0.05) is 17.4 Å². The molecule has 18 heavy (non-hydrogen) atoms. The van der Waals surface area contributed by atoms with Crippen LogP contribution in [0.1, 0.15) is 31.2 Å². The first kappa shape index (κ1) is 14.6. The predicted octanol–water partition coefficient (Wildman–Crippen LogP) is 5.13. The molecule has 0 N–H and O–H groups in total. The summed E-state index contributed by atoms with van der Waals surface area (Å²) >= 11 is 15.8. The quantitative estimate of drug-likeness (QED) is 0.683. The third kappa shape index (κ3) is 3.63. The molecule has 2 atom stereocenters. The summed E-state index contributed by atoms with van der Waals surface area (Å²) in [5, 5.41) is 1.26. The summed E-state index contributed by atoms with van der Waals surface area (Å²) in [6, 6.07) is 6.51. The van der Waals surface area contributed by atoms with Crippen molar-refractivity contribution in [1.82, 2.24) is 4.90 Å². The molecular formula is C14H18BrCl2N. The van der Waals surface area contributed by atoms with Gasteiger partial charge < -0.3 is 0 Å². The molecule has 1 aliphatic rings. The molecule has 1 nitrogen and oxygen atoms in total. The molecule has 4 heteroatoms. The predicted molar refractivity (Wildman–Crippen MR) is 82.9 cm³/mol. The summed E-state index contributed by atoms with van der Waals surface area (Å²) in [6.07, 6.45) is 5.22. The number of benzene rings is 1. The second-order valence-electron chi connectivity index (χ2n) is 5.03. The minimum Gasteiger partial charge on any atom is -0.298 e. The molecule has 0 heterocycles. The van der Waals surface area contributed by atoms with E-state index >= 15 is 0 Å². The second-order valence-corrected chi connectivity index (χ2v) is 7.02. The van der Waals surface area contributed by atoms with Gasteiger partial charge in [0.15, 0.2) is 0 Å². The highest BCUT2D eigenvalue weighted by atomic mass is 79.9. The summed E-state index contributed by atoms with van der Waals surface area (Å²) in [5.41, 5.74) is 1.22. The Morgan fingerprint density at radius 2 is 1.94 bits per heavy atom. The van der Waals surface area contributed by atoms with Gasteiger partial charge in [-0.25, -0.2) is 0 Å². The maximum atomic E-state index is 6.05. The smallest absolute Gasteiger partial charge is 0.0595 e. The molecule has 0 aromatic heterocycles. The summed E-state index contributed by atoms with van der Waals surface area (Å²) in [4.78, 5) is 3.03. The van der Waals surface area contributed by atoms with Crippen molar-refractivity contribution in [1.29, 1.82) is 0 Å². The average molecular weight is 351 g/mol. The fourth-order valence-electron chi connectivity index (χ4n) is 2.61. The molecule has 0 radical (unpaired) electrons. The molecule has 0 bridgehead atoms. The lowest BCUT2D eigenvalue weighted by atomic mass is 9.94. The lowest BCUT2D eigenvalue weighted by molar-refractivity contribution is 0.193. The maximum Gasteiger partial charge on any atom is 0.0595 e. The van der Waals surface area contributed by atoms with E-state index in [-0.39, 0.29) is 0 Å². The van der Waals surface area contributed by atoms with Gasteiger partial charge >= 0.3 is 0 Å². The third-order valence-electron chi connectivity index (χ3n) is 3.63. The Morgan fingerprint density at radius 3 is 2.61 bits per heavy atom. The van der Waals surface area contributed by atoms with Crippen molar-refractivity contribution >= 4 is 39.1 Å². The van der Waals surface area contributed by atoms with Crippen LogP contribution >= 0.6 is 39.1 Å². The Hall–Kier alpha value is 0.240. The van der Waals surface area contributed by atoms with E-state index in [2.05, 4.69) is 33.9 Å². The van der Waals surface area contributed by atoms with E-state index in [1.807, 2.05) is 12.1 Å². The standard InChI is InChI=1S/C14H18BrCl2N/c1-18(14-5-3-2-4-11(14)15)9-10-6-7-12(16)13(17)8-10/h6-8,11,14H,2-5,9H2,1H3. The Morgan fingerprint density at radius 1 is 1.22 bits per heavy atom. The van der Waals surface area contributed by atoms with Crippen LogP contribution < -0.4 is 0 Å². The van der Waals surface area contributed by atoms with Crippen LogP contribution in [0.25, 0.3) is 0 Å². The Kier molecular flexibility index (Phi) is 5.37. The highest BCUT2D eigenvalue weighted by Crippen LogP contribution is 2.29. The number of alkyl halides is 1. The van der Waals surface area contributed by atoms with Gasteiger partial charge in [0.05, 0.1) is 10.0 Å². The highest BCUT2D eigenvalue weighted by molar-refractivity contribution is 9.09. The summed E-state index contributed by atoms with van der Waals surface area (Å²) in [6.45, 7) is 0.920. The topological polar surface area (TPSA) is 3.24 Å². The molecule has 1 fully saturated rings. The van der Waals surface area contributed by atoms with Gasteiger partial charge in [0.2, 0.25) is 0 Å². The highest BCUT2D eigenvalue weighted by Gasteiger charge is 2.26. The lowest BCUT2D eigenvalue weighted by Gasteiger charge is -2.35. The number of nitrogens with zero attached hydrogens (tertiary/aromatic N) is 1. The first-order chi connectivity index (χ1) is 8.58. The zero-order chi connectivity index (χ0) is 13.1. The molecule has 2 rings (SSSR count). The molecular weight excluding hydrogens is 333 g/mol. The summed E-state index contributed by atoms with van der Waals surface area (Å²) < 4.78 is 0. The maximum absolute atomic E-state index is 6.05. The van der Waals surface area contributed by atoms with Gasteiger partial charge in [-0.3, -0.25) is 4.90 Å². The van der Waals surface area contributed by atoms with Crippen molar-refractivity contribution in [2.45, 2.75) is 43.1 Å². The van der Waals surface area contributed by atoms with Crippen molar-refractivity contribution in [2.24, 2.45) is 0 Å². The number of halogens is 3. The van der Waals surface area contributed by atoms with E-state index < -0.39 is 0 Å². The SMILES string of the molecule is CN(Cc1ccc(Cl)c(Cl)c1)C1CCCCC1Br. The van der Waals surface area contributed by atoms with E-state index in [1.54, 1.807) is 0 Å². The average Bonchev–Trinajstić information content (AvgIpc) is 2.34. The van der Waals surface area contributed by atoms with E-state index in [0.717, 1.165) is 6.54 Å². The third-order valence-corrected chi connectivity index (χ3v) is 5.44. The first-order valence-corrected chi connectivity index (χ1v) is 8.03. The molecule has 2 unspecified atom stereocenters. The first-order valence-electron chi connectivity index (χ1n) is 6.36. The number of hydrogen-bond donors (Lipinski definition) is 0. The van der Waals surface area contributed by atoms with Crippen LogP contribution in [-0.2, 0) is 6.54 Å². The van der Waals surface area contributed by atoms with Crippen LogP contribution in [0.15, 0.2) is 18.2 Å². The van der Waals surface area contributed by atoms with Crippen molar-refractivity contribution in [3.05, 3.63) is 33.8 Å². The molecule has 0 aliphatic heterocycles. The molecule has 1 saturated carbocycles. The van der Waals surface area contributed by atoms with E-state index in [1.165, 1.54) is 31.2 Å². The van der Waals surface area contributed by atoms with Crippen molar-refractivity contribution in [3.63, 3.8) is 0 Å².